The number of hydrogen-bond acceptors (Lipinski definition) is 2. The molecular formula is C20H25NO2. The predicted octanol–water partition coefficient (Wildman–Crippen LogP) is 4.28. The molecule has 2 aromatic carbocycles. The highest BCUT2D eigenvalue weighted by Crippen LogP contribution is 2.22. The van der Waals surface area contributed by atoms with E-state index in [4.69, 9.17) is 9.84 Å². The fourth-order valence-corrected chi connectivity index (χ4v) is 2.49. The van der Waals surface area contributed by atoms with Gasteiger partial charge in [0.15, 0.2) is 0 Å². The first kappa shape index (κ1) is 17.1. The first-order valence-electron chi connectivity index (χ1n) is 8.23. The maximum Gasteiger partial charge on any atom is 0.121 e. The van der Waals surface area contributed by atoms with E-state index in [1.807, 2.05) is 54.9 Å². The second kappa shape index (κ2) is 9.01. The van der Waals surface area contributed by atoms with Crippen molar-refractivity contribution in [1.82, 2.24) is 4.57 Å². The van der Waals surface area contributed by atoms with Crippen molar-refractivity contribution in [2.75, 3.05) is 13.2 Å². The maximum atomic E-state index is 9.08. The van der Waals surface area contributed by atoms with E-state index in [1.54, 1.807) is 0 Å². The third-order valence-electron chi connectivity index (χ3n) is 3.59. The van der Waals surface area contributed by atoms with E-state index in [-0.39, 0.29) is 6.61 Å². The number of aliphatic hydroxyl groups excluding tert-OH is 1. The molecule has 0 aliphatic carbocycles. The van der Waals surface area contributed by atoms with Crippen molar-refractivity contribution in [3.8, 4) is 5.75 Å². The van der Waals surface area contributed by atoms with Crippen LogP contribution < -0.4 is 4.74 Å². The molecular weight excluding hydrogens is 286 g/mol. The Morgan fingerprint density at radius 1 is 1.00 bits per heavy atom. The topological polar surface area (TPSA) is 34.4 Å². The fourth-order valence-electron chi connectivity index (χ4n) is 2.49. The van der Waals surface area contributed by atoms with Crippen LogP contribution in [-0.4, -0.2) is 22.9 Å². The average molecular weight is 311 g/mol. The molecule has 3 heteroatoms. The highest BCUT2D eigenvalue weighted by Gasteiger charge is 2.03. The van der Waals surface area contributed by atoms with Crippen LogP contribution in [0.15, 0.2) is 60.8 Å². The van der Waals surface area contributed by atoms with Gasteiger partial charge in [-0.3, -0.25) is 0 Å². The van der Waals surface area contributed by atoms with Crippen LogP contribution in [0.25, 0.3) is 10.9 Å². The normalized spacial score (nSPS) is 10.2. The zero-order chi connectivity index (χ0) is 16.5. The van der Waals surface area contributed by atoms with Gasteiger partial charge in [-0.25, -0.2) is 0 Å². The van der Waals surface area contributed by atoms with Crippen molar-refractivity contribution in [2.45, 2.75) is 26.8 Å². The SMILES string of the molecule is CC.OCCn1ccc2ccc(OCCc3ccccc3)cc21. The van der Waals surface area contributed by atoms with Crippen LogP contribution >= 0.6 is 0 Å². The zero-order valence-corrected chi connectivity index (χ0v) is 13.9. The predicted molar refractivity (Wildman–Crippen MR) is 96.0 cm³/mol. The molecule has 0 radical (unpaired) electrons. The summed E-state index contributed by atoms with van der Waals surface area (Å²) in [4.78, 5) is 0. The van der Waals surface area contributed by atoms with Crippen LogP contribution in [0.5, 0.6) is 5.75 Å². The van der Waals surface area contributed by atoms with E-state index >= 15 is 0 Å². The van der Waals surface area contributed by atoms with E-state index in [2.05, 4.69) is 24.3 Å². The van der Waals surface area contributed by atoms with Gasteiger partial charge >= 0.3 is 0 Å². The molecule has 0 fully saturated rings. The van der Waals surface area contributed by atoms with Crippen LogP contribution in [0.1, 0.15) is 19.4 Å². The lowest BCUT2D eigenvalue weighted by atomic mass is 10.2. The number of benzene rings is 2. The van der Waals surface area contributed by atoms with Crippen molar-refractivity contribution in [1.29, 1.82) is 0 Å². The van der Waals surface area contributed by atoms with E-state index in [1.165, 1.54) is 10.9 Å². The van der Waals surface area contributed by atoms with Crippen molar-refractivity contribution in [2.24, 2.45) is 0 Å². The van der Waals surface area contributed by atoms with Gasteiger partial charge in [0.2, 0.25) is 0 Å². The molecule has 0 spiro atoms. The van der Waals surface area contributed by atoms with Gasteiger partial charge in [0, 0.05) is 25.2 Å². The Morgan fingerprint density at radius 3 is 2.52 bits per heavy atom. The fraction of sp³-hybridized carbons (Fsp3) is 0.300. The molecule has 0 aliphatic rings. The molecule has 1 aromatic heterocycles. The first-order chi connectivity index (χ1) is 11.4. The van der Waals surface area contributed by atoms with Crippen LogP contribution in [0, 0.1) is 0 Å². The summed E-state index contributed by atoms with van der Waals surface area (Å²) in [7, 11) is 0. The second-order valence-corrected chi connectivity index (χ2v) is 5.04. The van der Waals surface area contributed by atoms with Gasteiger partial charge in [0.25, 0.3) is 0 Å². The Hall–Kier alpha value is -2.26. The summed E-state index contributed by atoms with van der Waals surface area (Å²) in [6.45, 7) is 5.41. The molecule has 0 aliphatic heterocycles. The first-order valence-corrected chi connectivity index (χ1v) is 8.23. The Kier molecular flexibility index (Phi) is 6.70. The summed E-state index contributed by atoms with van der Waals surface area (Å²) in [5, 5.41) is 10.2. The minimum absolute atomic E-state index is 0.142. The van der Waals surface area contributed by atoms with Gasteiger partial charge in [0.1, 0.15) is 5.75 Å². The number of hydrogen-bond donors (Lipinski definition) is 1. The van der Waals surface area contributed by atoms with Crippen molar-refractivity contribution < 1.29 is 9.84 Å². The number of aromatic nitrogens is 1. The number of fused-ring (bicyclic) bond motifs is 1. The van der Waals surface area contributed by atoms with Gasteiger partial charge in [-0.2, -0.15) is 0 Å². The lowest BCUT2D eigenvalue weighted by molar-refractivity contribution is 0.278. The summed E-state index contributed by atoms with van der Waals surface area (Å²) in [5.74, 6) is 0.872. The second-order valence-electron chi connectivity index (χ2n) is 5.04. The van der Waals surface area contributed by atoms with E-state index < -0.39 is 0 Å². The highest BCUT2D eigenvalue weighted by molar-refractivity contribution is 5.81. The standard InChI is InChI=1S/C18H19NO2.C2H6/c20-12-11-19-10-8-16-6-7-17(14-18(16)19)21-13-9-15-4-2-1-3-5-15;1-2/h1-8,10,14,20H,9,11-13H2;1-2H3. The molecule has 1 N–H and O–H groups in total. The lowest BCUT2D eigenvalue weighted by Crippen LogP contribution is -2.02. The zero-order valence-electron chi connectivity index (χ0n) is 13.9. The minimum Gasteiger partial charge on any atom is -0.493 e. The van der Waals surface area contributed by atoms with Crippen molar-refractivity contribution >= 4 is 10.9 Å². The molecule has 0 atom stereocenters. The molecule has 0 unspecified atom stereocenters. The molecule has 0 amide bonds. The lowest BCUT2D eigenvalue weighted by Gasteiger charge is -2.08. The summed E-state index contributed by atoms with van der Waals surface area (Å²) in [6, 6.07) is 18.5. The third kappa shape index (κ3) is 4.60. The van der Waals surface area contributed by atoms with Gasteiger partial charge < -0.3 is 14.4 Å². The Morgan fingerprint density at radius 2 is 1.78 bits per heavy atom. The minimum atomic E-state index is 0.142. The van der Waals surface area contributed by atoms with E-state index in [0.717, 1.165) is 17.7 Å². The Balaban J connectivity index is 0.000000924. The third-order valence-corrected chi connectivity index (χ3v) is 3.59. The maximum absolute atomic E-state index is 9.08. The molecule has 0 bridgehead atoms. The van der Waals surface area contributed by atoms with Gasteiger partial charge in [-0.15, -0.1) is 0 Å². The van der Waals surface area contributed by atoms with Gasteiger partial charge in [-0.05, 0) is 29.1 Å². The van der Waals surface area contributed by atoms with Crippen LogP contribution in [-0.2, 0) is 13.0 Å². The molecule has 3 nitrogen and oxygen atoms in total. The summed E-state index contributed by atoms with van der Waals surface area (Å²) < 4.78 is 7.89. The number of ether oxygens (including phenoxy) is 1. The molecule has 3 aromatic rings. The van der Waals surface area contributed by atoms with Crippen molar-refractivity contribution in [3.63, 3.8) is 0 Å². The Labute approximate surface area is 138 Å². The van der Waals surface area contributed by atoms with E-state index in [9.17, 15) is 0 Å². The van der Waals surface area contributed by atoms with Gasteiger partial charge in [0.05, 0.1) is 18.7 Å². The highest BCUT2D eigenvalue weighted by atomic mass is 16.5. The van der Waals surface area contributed by atoms with E-state index in [0.29, 0.717) is 13.2 Å². The molecule has 3 rings (SSSR count). The monoisotopic (exact) mass is 311 g/mol. The quantitative estimate of drug-likeness (QED) is 0.737. The smallest absolute Gasteiger partial charge is 0.121 e. The number of rotatable bonds is 6. The summed E-state index contributed by atoms with van der Waals surface area (Å²) in [5.41, 5.74) is 2.38. The van der Waals surface area contributed by atoms with Crippen LogP contribution in [0.2, 0.25) is 0 Å². The van der Waals surface area contributed by atoms with Crippen molar-refractivity contribution in [3.05, 3.63) is 66.4 Å². The largest absolute Gasteiger partial charge is 0.493 e. The number of aliphatic hydroxyl groups is 1. The Bertz CT molecular complexity index is 704. The van der Waals surface area contributed by atoms with Crippen LogP contribution in [0.4, 0.5) is 0 Å². The van der Waals surface area contributed by atoms with Gasteiger partial charge in [-0.1, -0.05) is 44.2 Å². The summed E-state index contributed by atoms with van der Waals surface area (Å²) >= 11 is 0. The molecule has 0 saturated heterocycles. The molecule has 122 valence electrons. The summed E-state index contributed by atoms with van der Waals surface area (Å²) in [6.07, 6.45) is 2.89. The number of nitrogens with zero attached hydrogens (tertiary/aromatic N) is 1. The molecule has 1 heterocycles. The van der Waals surface area contributed by atoms with Crippen LogP contribution in [0.3, 0.4) is 0 Å². The molecule has 23 heavy (non-hydrogen) atoms. The molecule has 0 saturated carbocycles. The average Bonchev–Trinajstić information content (AvgIpc) is 3.01.